The van der Waals surface area contributed by atoms with E-state index in [9.17, 15) is 14.7 Å². The third-order valence-electron chi connectivity index (χ3n) is 4.46. The highest BCUT2D eigenvalue weighted by Crippen LogP contribution is 2.46. The van der Waals surface area contributed by atoms with Gasteiger partial charge in [0, 0.05) is 22.1 Å². The SMILES string of the molecule is N[C@@H]1C(=O)N2CC(Sc3ccc(-c4cccs4)cc3)(C(=O)O)CS[C@H]12. The number of nitrogens with zero attached hydrogens (tertiary/aromatic N) is 1. The number of thiophene rings is 1. The van der Waals surface area contributed by atoms with E-state index < -0.39 is 16.8 Å². The fourth-order valence-electron chi connectivity index (χ4n) is 3.04. The van der Waals surface area contributed by atoms with Crippen LogP contribution in [-0.4, -0.2) is 50.3 Å². The third-order valence-corrected chi connectivity index (χ3v) is 8.46. The molecule has 8 heteroatoms. The summed E-state index contributed by atoms with van der Waals surface area (Å²) >= 11 is 4.45. The van der Waals surface area contributed by atoms with Gasteiger partial charge >= 0.3 is 5.97 Å². The van der Waals surface area contributed by atoms with Crippen molar-refractivity contribution in [2.24, 2.45) is 5.73 Å². The average Bonchev–Trinajstić information content (AvgIpc) is 3.16. The molecule has 0 saturated carbocycles. The highest BCUT2D eigenvalue weighted by molar-refractivity contribution is 8.05. The lowest BCUT2D eigenvalue weighted by molar-refractivity contribution is -0.148. The number of carbonyl (C=O) groups is 2. The second-order valence-corrected chi connectivity index (χ2v) is 9.61. The zero-order valence-electron chi connectivity index (χ0n) is 13.1. The minimum atomic E-state index is -1.04. The number of β-lactam (4-membered cyclic amide) rings is 1. The van der Waals surface area contributed by atoms with Crippen molar-refractivity contribution in [1.82, 2.24) is 4.90 Å². The number of aliphatic carboxylic acids is 1. The second kappa shape index (κ2) is 6.35. The number of rotatable bonds is 4. The Morgan fingerprint density at radius 3 is 2.72 bits per heavy atom. The van der Waals surface area contributed by atoms with E-state index >= 15 is 0 Å². The lowest BCUT2D eigenvalue weighted by atomic mass is 10.0. The number of hydrogen-bond donors (Lipinski definition) is 2. The minimum Gasteiger partial charge on any atom is -0.480 e. The number of amides is 1. The first kappa shape index (κ1) is 17.0. The molecule has 2 aliphatic heterocycles. The van der Waals surface area contributed by atoms with Crippen molar-refractivity contribution in [2.75, 3.05) is 12.3 Å². The number of nitrogens with two attached hydrogens (primary N) is 1. The number of fused-ring (bicyclic) bond motifs is 1. The summed E-state index contributed by atoms with van der Waals surface area (Å²) in [5, 5.41) is 11.8. The first-order valence-electron chi connectivity index (χ1n) is 7.74. The largest absolute Gasteiger partial charge is 0.480 e. The van der Waals surface area contributed by atoms with Crippen molar-refractivity contribution >= 4 is 46.7 Å². The molecule has 2 saturated heterocycles. The van der Waals surface area contributed by atoms with Crippen LogP contribution in [0.2, 0.25) is 0 Å². The van der Waals surface area contributed by atoms with Crippen molar-refractivity contribution in [3.8, 4) is 10.4 Å². The molecule has 2 aliphatic rings. The van der Waals surface area contributed by atoms with Gasteiger partial charge in [0.2, 0.25) is 5.91 Å². The molecular weight excluding hydrogens is 376 g/mol. The molecule has 1 amide bonds. The fourth-order valence-corrected chi connectivity index (χ4v) is 6.57. The summed E-state index contributed by atoms with van der Waals surface area (Å²) in [6.07, 6.45) is 0. The molecule has 3 atom stereocenters. The summed E-state index contributed by atoms with van der Waals surface area (Å²) in [6, 6.07) is 11.5. The summed E-state index contributed by atoms with van der Waals surface area (Å²) in [5.74, 6) is -0.613. The standard InChI is InChI=1S/C17H16N2O3S3/c18-13-14(20)19-8-17(16(21)22,9-24-15(13)19)25-11-5-3-10(4-6-11)12-2-1-7-23-12/h1-7,13,15H,8-9,18H2,(H,21,22)/t13-,15-,17?/m1/s1. The van der Waals surface area contributed by atoms with Crippen LogP contribution in [0.3, 0.4) is 0 Å². The highest BCUT2D eigenvalue weighted by atomic mass is 32.2. The van der Waals surface area contributed by atoms with Gasteiger partial charge in [-0.15, -0.1) is 34.9 Å². The average molecular weight is 393 g/mol. The van der Waals surface area contributed by atoms with Gasteiger partial charge in [-0.05, 0) is 29.1 Å². The molecule has 2 fully saturated rings. The summed E-state index contributed by atoms with van der Waals surface area (Å²) in [6.45, 7) is 0.198. The number of thioether (sulfide) groups is 2. The number of hydrogen-bond acceptors (Lipinski definition) is 6. The molecule has 0 aliphatic carbocycles. The minimum absolute atomic E-state index is 0.0817. The van der Waals surface area contributed by atoms with Crippen molar-refractivity contribution in [2.45, 2.75) is 21.1 Å². The lowest BCUT2D eigenvalue weighted by Crippen LogP contribution is -2.73. The maximum absolute atomic E-state index is 12.0. The molecule has 3 heterocycles. The number of carboxylic acids is 1. The molecule has 1 aromatic carbocycles. The molecule has 130 valence electrons. The molecule has 4 rings (SSSR count). The molecule has 2 aromatic rings. The Bertz CT molecular complexity index is 809. The Morgan fingerprint density at radius 2 is 2.08 bits per heavy atom. The first-order valence-corrected chi connectivity index (χ1v) is 10.5. The van der Waals surface area contributed by atoms with Gasteiger partial charge < -0.3 is 15.7 Å². The summed E-state index contributed by atoms with van der Waals surface area (Å²) in [7, 11) is 0. The van der Waals surface area contributed by atoms with E-state index in [1.165, 1.54) is 28.4 Å². The van der Waals surface area contributed by atoms with Gasteiger partial charge in [-0.3, -0.25) is 9.59 Å². The topological polar surface area (TPSA) is 83.6 Å². The van der Waals surface area contributed by atoms with E-state index in [-0.39, 0.29) is 17.8 Å². The van der Waals surface area contributed by atoms with E-state index in [0.717, 1.165) is 10.5 Å². The number of carboxylic acid groups (broad SMARTS) is 1. The van der Waals surface area contributed by atoms with Gasteiger partial charge in [-0.1, -0.05) is 18.2 Å². The van der Waals surface area contributed by atoms with Crippen LogP contribution in [0.15, 0.2) is 46.7 Å². The van der Waals surface area contributed by atoms with Crippen molar-refractivity contribution in [3.05, 3.63) is 41.8 Å². The van der Waals surface area contributed by atoms with Gasteiger partial charge in [0.15, 0.2) is 0 Å². The van der Waals surface area contributed by atoms with Crippen LogP contribution in [-0.2, 0) is 9.59 Å². The predicted octanol–water partition coefficient (Wildman–Crippen LogP) is 2.57. The van der Waals surface area contributed by atoms with Crippen molar-refractivity contribution in [3.63, 3.8) is 0 Å². The first-order chi connectivity index (χ1) is 12.0. The zero-order valence-corrected chi connectivity index (χ0v) is 15.6. The van der Waals surface area contributed by atoms with Gasteiger partial charge in [-0.2, -0.15) is 0 Å². The number of carbonyl (C=O) groups excluding carboxylic acids is 1. The molecular formula is C17H16N2O3S3. The van der Waals surface area contributed by atoms with Gasteiger partial charge in [-0.25, -0.2) is 0 Å². The number of benzene rings is 1. The molecule has 1 unspecified atom stereocenters. The van der Waals surface area contributed by atoms with E-state index in [4.69, 9.17) is 5.73 Å². The summed E-state index contributed by atoms with van der Waals surface area (Å²) < 4.78 is -1.04. The second-order valence-electron chi connectivity index (χ2n) is 6.10. The van der Waals surface area contributed by atoms with Crippen LogP contribution in [0.1, 0.15) is 0 Å². The molecule has 0 spiro atoms. The van der Waals surface area contributed by atoms with Crippen LogP contribution in [0.4, 0.5) is 0 Å². The smallest absolute Gasteiger partial charge is 0.322 e. The summed E-state index contributed by atoms with van der Waals surface area (Å²) in [5.41, 5.74) is 6.91. The van der Waals surface area contributed by atoms with E-state index in [0.29, 0.717) is 5.75 Å². The lowest BCUT2D eigenvalue weighted by Gasteiger charge is -2.52. The van der Waals surface area contributed by atoms with Crippen LogP contribution >= 0.6 is 34.9 Å². The Hall–Kier alpha value is -1.48. The molecule has 3 N–H and O–H groups in total. The van der Waals surface area contributed by atoms with Crippen LogP contribution in [0, 0.1) is 0 Å². The Kier molecular flexibility index (Phi) is 4.31. The van der Waals surface area contributed by atoms with Gasteiger partial charge in [0.25, 0.3) is 0 Å². The highest BCUT2D eigenvalue weighted by Gasteiger charge is 2.56. The van der Waals surface area contributed by atoms with Crippen LogP contribution in [0.25, 0.3) is 10.4 Å². The van der Waals surface area contributed by atoms with E-state index in [1.807, 2.05) is 35.7 Å². The monoisotopic (exact) mass is 392 g/mol. The van der Waals surface area contributed by atoms with Gasteiger partial charge in [0.05, 0.1) is 0 Å². The molecule has 25 heavy (non-hydrogen) atoms. The predicted molar refractivity (Wildman–Crippen MR) is 102 cm³/mol. The third kappa shape index (κ3) is 2.87. The quantitative estimate of drug-likeness (QED) is 0.778. The van der Waals surface area contributed by atoms with Crippen LogP contribution in [0.5, 0.6) is 0 Å². The molecule has 0 bridgehead atoms. The Balaban J connectivity index is 1.54. The molecule has 5 nitrogen and oxygen atoms in total. The van der Waals surface area contributed by atoms with Crippen molar-refractivity contribution < 1.29 is 14.7 Å². The van der Waals surface area contributed by atoms with Crippen LogP contribution < -0.4 is 5.73 Å². The molecule has 0 radical (unpaired) electrons. The normalized spacial score (nSPS) is 28.4. The Labute approximate surface area is 157 Å². The van der Waals surface area contributed by atoms with E-state index in [1.54, 1.807) is 16.2 Å². The van der Waals surface area contributed by atoms with E-state index in [2.05, 4.69) is 6.07 Å². The summed E-state index contributed by atoms with van der Waals surface area (Å²) in [4.78, 5) is 27.6. The Morgan fingerprint density at radius 1 is 1.32 bits per heavy atom. The maximum Gasteiger partial charge on any atom is 0.322 e. The maximum atomic E-state index is 12.0. The van der Waals surface area contributed by atoms with Crippen molar-refractivity contribution in [1.29, 1.82) is 0 Å². The zero-order chi connectivity index (χ0) is 17.6. The molecule has 1 aromatic heterocycles. The fraction of sp³-hybridized carbons (Fsp3) is 0.294. The van der Waals surface area contributed by atoms with Gasteiger partial charge in [0.1, 0.15) is 16.2 Å².